The molecule has 7 nitrogen and oxygen atoms in total. The Kier molecular flexibility index (Phi) is 6.97. The second-order valence-corrected chi connectivity index (χ2v) is 10.9. The first-order valence-electron chi connectivity index (χ1n) is 10.7. The molecule has 9 heteroatoms. The zero-order chi connectivity index (χ0) is 24.3. The van der Waals surface area contributed by atoms with Crippen molar-refractivity contribution in [3.8, 4) is 0 Å². The highest BCUT2D eigenvalue weighted by molar-refractivity contribution is 7.92. The number of rotatable bonds is 8. The monoisotopic (exact) mass is 494 g/mol. The fraction of sp³-hybridized carbons (Fsp3) is 0.200. The zero-order valence-electron chi connectivity index (χ0n) is 19.2. The molecule has 0 aliphatic carbocycles. The summed E-state index contributed by atoms with van der Waals surface area (Å²) < 4.78 is 28.9. The Labute approximate surface area is 203 Å². The van der Waals surface area contributed by atoms with Crippen LogP contribution in [0.2, 0.25) is 0 Å². The van der Waals surface area contributed by atoms with Gasteiger partial charge in [-0.3, -0.25) is 14.4 Å². The molecule has 4 rings (SSSR count). The van der Waals surface area contributed by atoms with E-state index in [1.54, 1.807) is 53.4 Å². The lowest BCUT2D eigenvalue weighted by Gasteiger charge is -2.22. The predicted octanol–water partition coefficient (Wildman–Crippen LogP) is 4.61. The van der Waals surface area contributed by atoms with E-state index in [-0.39, 0.29) is 10.8 Å². The summed E-state index contributed by atoms with van der Waals surface area (Å²) in [6.07, 6.45) is 0. The topological polar surface area (TPSA) is 82.6 Å². The van der Waals surface area contributed by atoms with Crippen LogP contribution in [0.25, 0.3) is 10.2 Å². The van der Waals surface area contributed by atoms with Crippen molar-refractivity contribution in [2.24, 2.45) is 0 Å². The quantitative estimate of drug-likeness (QED) is 0.387. The Hall–Kier alpha value is -3.27. The maximum Gasteiger partial charge on any atom is 0.261 e. The van der Waals surface area contributed by atoms with E-state index in [1.807, 2.05) is 50.2 Å². The largest absolute Gasteiger partial charge is 0.308 e. The molecule has 0 unspecified atom stereocenters. The van der Waals surface area contributed by atoms with E-state index in [4.69, 9.17) is 0 Å². The average Bonchev–Trinajstić information content (AvgIpc) is 3.23. The molecule has 34 heavy (non-hydrogen) atoms. The molecular formula is C25H26N4O3S2. The highest BCUT2D eigenvalue weighted by atomic mass is 32.2. The highest BCUT2D eigenvalue weighted by Crippen LogP contribution is 2.29. The number of nitrogens with one attached hydrogen (secondary N) is 1. The number of carbonyl (C=O) groups excluding carboxylic acids is 1. The fourth-order valence-electron chi connectivity index (χ4n) is 3.33. The molecule has 1 amide bonds. The van der Waals surface area contributed by atoms with E-state index in [1.165, 1.54) is 11.3 Å². The van der Waals surface area contributed by atoms with E-state index in [0.29, 0.717) is 29.5 Å². The second-order valence-electron chi connectivity index (χ2n) is 8.22. The third-order valence-corrected chi connectivity index (χ3v) is 7.70. The standard InChI is InChI=1S/C25H26N4O3S2/c1-18-8-14-21(15-9-18)34(31,32)27-20-12-10-19(11-13-20)24(30)29(17-16-28(2)3)25-26-22-6-4-5-7-23(22)33-25/h4-15,27H,16-17H2,1-3H3. The Morgan fingerprint density at radius 1 is 0.941 bits per heavy atom. The van der Waals surface area contributed by atoms with E-state index in [9.17, 15) is 13.2 Å². The number of carbonyl (C=O) groups is 1. The van der Waals surface area contributed by atoms with Crippen molar-refractivity contribution in [1.82, 2.24) is 9.88 Å². The number of sulfonamides is 1. The molecule has 0 radical (unpaired) electrons. The number of benzene rings is 3. The minimum Gasteiger partial charge on any atom is -0.308 e. The van der Waals surface area contributed by atoms with Gasteiger partial charge in [0.25, 0.3) is 15.9 Å². The molecule has 0 atom stereocenters. The number of hydrogen-bond acceptors (Lipinski definition) is 6. The van der Waals surface area contributed by atoms with Gasteiger partial charge in [-0.2, -0.15) is 0 Å². The summed E-state index contributed by atoms with van der Waals surface area (Å²) in [5.74, 6) is -0.186. The van der Waals surface area contributed by atoms with Crippen LogP contribution in [0.4, 0.5) is 10.8 Å². The van der Waals surface area contributed by atoms with Crippen molar-refractivity contribution in [3.63, 3.8) is 0 Å². The number of aryl methyl sites for hydroxylation is 1. The molecule has 0 aliphatic rings. The number of aromatic nitrogens is 1. The van der Waals surface area contributed by atoms with Gasteiger partial charge in [-0.1, -0.05) is 41.2 Å². The molecule has 0 spiro atoms. The van der Waals surface area contributed by atoms with Gasteiger partial charge in [-0.15, -0.1) is 0 Å². The molecule has 0 saturated heterocycles. The highest BCUT2D eigenvalue weighted by Gasteiger charge is 2.22. The lowest BCUT2D eigenvalue weighted by Crippen LogP contribution is -2.36. The van der Waals surface area contributed by atoms with Gasteiger partial charge in [0, 0.05) is 24.3 Å². The Balaban J connectivity index is 1.56. The minimum atomic E-state index is -3.71. The lowest BCUT2D eigenvalue weighted by atomic mass is 10.2. The van der Waals surface area contributed by atoms with Crippen LogP contribution in [0.5, 0.6) is 0 Å². The molecular weight excluding hydrogens is 468 g/mol. The average molecular weight is 495 g/mol. The second kappa shape index (κ2) is 9.92. The van der Waals surface area contributed by atoms with Gasteiger partial charge < -0.3 is 4.90 Å². The summed E-state index contributed by atoms with van der Waals surface area (Å²) >= 11 is 1.47. The number of hydrogen-bond donors (Lipinski definition) is 1. The van der Waals surface area contributed by atoms with Gasteiger partial charge in [0.15, 0.2) is 5.13 Å². The Morgan fingerprint density at radius 3 is 2.26 bits per heavy atom. The molecule has 0 bridgehead atoms. The van der Waals surface area contributed by atoms with Gasteiger partial charge in [0.05, 0.1) is 15.1 Å². The van der Waals surface area contributed by atoms with Crippen LogP contribution in [0, 0.1) is 6.92 Å². The van der Waals surface area contributed by atoms with E-state index in [2.05, 4.69) is 9.71 Å². The van der Waals surface area contributed by atoms with Gasteiger partial charge >= 0.3 is 0 Å². The third kappa shape index (κ3) is 5.44. The number of amides is 1. The van der Waals surface area contributed by atoms with Crippen molar-refractivity contribution >= 4 is 48.3 Å². The van der Waals surface area contributed by atoms with Crippen molar-refractivity contribution in [2.45, 2.75) is 11.8 Å². The number of likely N-dealkylation sites (N-methyl/N-ethyl adjacent to an activating group) is 1. The summed E-state index contributed by atoms with van der Waals surface area (Å²) in [5, 5.41) is 0.636. The summed E-state index contributed by atoms with van der Waals surface area (Å²) in [6, 6.07) is 20.9. The molecule has 0 saturated carbocycles. The van der Waals surface area contributed by atoms with Crippen LogP contribution < -0.4 is 9.62 Å². The molecule has 1 aromatic heterocycles. The van der Waals surface area contributed by atoms with Crippen LogP contribution in [0.15, 0.2) is 77.7 Å². The molecule has 3 aromatic carbocycles. The van der Waals surface area contributed by atoms with E-state index >= 15 is 0 Å². The SMILES string of the molecule is Cc1ccc(S(=O)(=O)Nc2ccc(C(=O)N(CCN(C)C)c3nc4ccccc4s3)cc2)cc1. The van der Waals surface area contributed by atoms with Crippen LogP contribution >= 0.6 is 11.3 Å². The number of nitrogens with zero attached hydrogens (tertiary/aromatic N) is 3. The zero-order valence-corrected chi connectivity index (χ0v) is 20.9. The predicted molar refractivity (Wildman–Crippen MR) is 138 cm³/mol. The number of fused-ring (bicyclic) bond motifs is 1. The van der Waals surface area contributed by atoms with Gasteiger partial charge in [-0.25, -0.2) is 13.4 Å². The van der Waals surface area contributed by atoms with Crippen molar-refractivity contribution < 1.29 is 13.2 Å². The molecule has 0 fully saturated rings. The first-order chi connectivity index (χ1) is 16.2. The normalized spacial score (nSPS) is 11.6. The summed E-state index contributed by atoms with van der Waals surface area (Å²) in [4.78, 5) is 21.9. The smallest absolute Gasteiger partial charge is 0.261 e. The van der Waals surface area contributed by atoms with Crippen molar-refractivity contribution in [1.29, 1.82) is 0 Å². The summed E-state index contributed by atoms with van der Waals surface area (Å²) in [5.41, 5.74) is 2.67. The third-order valence-electron chi connectivity index (χ3n) is 5.24. The number of para-hydroxylation sites is 1. The van der Waals surface area contributed by atoms with E-state index < -0.39 is 10.0 Å². The summed E-state index contributed by atoms with van der Waals surface area (Å²) in [7, 11) is 0.194. The molecule has 176 valence electrons. The number of thiazole rings is 1. The van der Waals surface area contributed by atoms with Crippen molar-refractivity contribution in [2.75, 3.05) is 36.8 Å². The maximum absolute atomic E-state index is 13.4. The van der Waals surface area contributed by atoms with E-state index in [0.717, 1.165) is 15.8 Å². The fourth-order valence-corrected chi connectivity index (χ4v) is 5.38. The van der Waals surface area contributed by atoms with Gasteiger partial charge in [0.2, 0.25) is 0 Å². The molecule has 4 aromatic rings. The van der Waals surface area contributed by atoms with Crippen molar-refractivity contribution in [3.05, 3.63) is 83.9 Å². The molecule has 1 N–H and O–H groups in total. The summed E-state index contributed by atoms with van der Waals surface area (Å²) in [6.45, 7) is 3.05. The first kappa shape index (κ1) is 23.9. The van der Waals surface area contributed by atoms with Crippen LogP contribution in [0.1, 0.15) is 15.9 Å². The van der Waals surface area contributed by atoms with Crippen LogP contribution in [0.3, 0.4) is 0 Å². The van der Waals surface area contributed by atoms with Crippen LogP contribution in [-0.4, -0.2) is 51.4 Å². The maximum atomic E-state index is 13.4. The number of anilines is 2. The Morgan fingerprint density at radius 2 is 1.62 bits per heavy atom. The van der Waals surface area contributed by atoms with Gasteiger partial charge in [0.1, 0.15) is 0 Å². The molecule has 1 heterocycles. The minimum absolute atomic E-state index is 0.184. The molecule has 0 aliphatic heterocycles. The van der Waals surface area contributed by atoms with Gasteiger partial charge in [-0.05, 0) is 69.6 Å². The first-order valence-corrected chi connectivity index (χ1v) is 13.0. The van der Waals surface area contributed by atoms with Crippen LogP contribution in [-0.2, 0) is 10.0 Å². The lowest BCUT2D eigenvalue weighted by molar-refractivity contribution is 0.0985. The Bertz CT molecular complexity index is 1360.